The quantitative estimate of drug-likeness (QED) is 0.439. The maximum absolute atomic E-state index is 12.9. The zero-order valence-corrected chi connectivity index (χ0v) is 16.8. The van der Waals surface area contributed by atoms with E-state index in [-0.39, 0.29) is 5.91 Å². The molecule has 3 aromatic heterocycles. The van der Waals surface area contributed by atoms with Crippen LogP contribution < -0.4 is 11.1 Å². The number of fused-ring (bicyclic) bond motifs is 1. The zero-order chi connectivity index (χ0) is 19.5. The number of para-hydroxylation sites is 1. The Bertz CT molecular complexity index is 1140. The van der Waals surface area contributed by atoms with Gasteiger partial charge in [-0.05, 0) is 42.2 Å². The molecule has 1 aromatic carbocycles. The van der Waals surface area contributed by atoms with Crippen molar-refractivity contribution in [1.29, 1.82) is 0 Å². The van der Waals surface area contributed by atoms with Crippen LogP contribution in [0.5, 0.6) is 0 Å². The summed E-state index contributed by atoms with van der Waals surface area (Å²) in [6.45, 7) is 2.08. The molecule has 28 heavy (non-hydrogen) atoms. The van der Waals surface area contributed by atoms with Gasteiger partial charge in [-0.25, -0.2) is 4.98 Å². The fourth-order valence-corrected chi connectivity index (χ4v) is 4.63. The van der Waals surface area contributed by atoms with Crippen molar-refractivity contribution >= 4 is 50.6 Å². The number of nitrogens with one attached hydrogen (secondary N) is 1. The number of aromatic nitrogens is 2. The summed E-state index contributed by atoms with van der Waals surface area (Å²) in [5.74, 6) is 0.717. The molecule has 3 heterocycles. The van der Waals surface area contributed by atoms with Crippen LogP contribution in [0.3, 0.4) is 0 Å². The Morgan fingerprint density at radius 2 is 1.93 bits per heavy atom. The molecule has 0 bridgehead atoms. The number of thioether (sulfide) groups is 1. The second kappa shape index (κ2) is 8.00. The minimum Gasteiger partial charge on any atom is -0.397 e. The molecule has 140 valence electrons. The molecule has 0 unspecified atom stereocenters. The molecule has 5 nitrogen and oxygen atoms in total. The van der Waals surface area contributed by atoms with Gasteiger partial charge in [-0.1, -0.05) is 19.1 Å². The average molecular weight is 407 g/mol. The first-order chi connectivity index (χ1) is 13.7. The summed E-state index contributed by atoms with van der Waals surface area (Å²) in [5, 5.41) is 3.79. The van der Waals surface area contributed by atoms with E-state index >= 15 is 0 Å². The van der Waals surface area contributed by atoms with Gasteiger partial charge in [-0.2, -0.15) is 0 Å². The number of hydrogen-bond acceptors (Lipinski definition) is 6. The van der Waals surface area contributed by atoms with Crippen molar-refractivity contribution in [2.45, 2.75) is 11.8 Å². The molecule has 0 atom stereocenters. The summed E-state index contributed by atoms with van der Waals surface area (Å²) in [7, 11) is 0. The van der Waals surface area contributed by atoms with Gasteiger partial charge in [0.15, 0.2) is 0 Å². The molecule has 0 aliphatic carbocycles. The number of hydrogen-bond donors (Lipinski definition) is 2. The SMILES string of the molecule is CCSc1ccccc1NC(=O)c1sc2nc(-c3ccncc3)ccc2c1N. The van der Waals surface area contributed by atoms with Gasteiger partial charge in [0, 0.05) is 28.2 Å². The molecule has 0 saturated heterocycles. The summed E-state index contributed by atoms with van der Waals surface area (Å²) in [6.07, 6.45) is 3.46. The molecule has 7 heteroatoms. The number of nitrogens with zero attached hydrogens (tertiary/aromatic N) is 2. The van der Waals surface area contributed by atoms with Crippen LogP contribution in [-0.2, 0) is 0 Å². The number of amides is 1. The molecule has 1 amide bonds. The number of thiophene rings is 1. The van der Waals surface area contributed by atoms with Gasteiger partial charge >= 0.3 is 0 Å². The van der Waals surface area contributed by atoms with Crippen LogP contribution in [0.1, 0.15) is 16.6 Å². The third-order valence-electron chi connectivity index (χ3n) is 4.21. The van der Waals surface area contributed by atoms with E-state index in [1.165, 1.54) is 11.3 Å². The normalized spacial score (nSPS) is 10.9. The predicted molar refractivity (Wildman–Crippen MR) is 118 cm³/mol. The smallest absolute Gasteiger partial charge is 0.267 e. The molecule has 0 fully saturated rings. The molecule has 0 spiro atoms. The largest absolute Gasteiger partial charge is 0.397 e. The Balaban J connectivity index is 1.67. The standard InChI is InChI=1S/C21H18N4OS2/c1-2-27-17-6-4-3-5-16(17)24-20(26)19-18(22)14-7-8-15(25-21(14)28-19)13-9-11-23-12-10-13/h3-12H,2,22H2,1H3,(H,24,26). The van der Waals surface area contributed by atoms with Gasteiger partial charge < -0.3 is 11.1 Å². The number of pyridine rings is 2. The minimum absolute atomic E-state index is 0.213. The molecule has 0 radical (unpaired) electrons. The fraction of sp³-hybridized carbons (Fsp3) is 0.0952. The van der Waals surface area contributed by atoms with Crippen molar-refractivity contribution in [2.75, 3.05) is 16.8 Å². The van der Waals surface area contributed by atoms with Crippen LogP contribution in [-0.4, -0.2) is 21.6 Å². The number of carbonyl (C=O) groups excluding carboxylic acids is 1. The third-order valence-corrected chi connectivity index (χ3v) is 6.28. The first-order valence-corrected chi connectivity index (χ1v) is 10.6. The lowest BCUT2D eigenvalue weighted by atomic mass is 10.1. The van der Waals surface area contributed by atoms with Crippen LogP contribution in [0.25, 0.3) is 21.5 Å². The van der Waals surface area contributed by atoms with Gasteiger partial charge in [0.25, 0.3) is 5.91 Å². The van der Waals surface area contributed by atoms with Gasteiger partial charge in [-0.3, -0.25) is 9.78 Å². The highest BCUT2D eigenvalue weighted by molar-refractivity contribution is 7.99. The predicted octanol–water partition coefficient (Wildman–Crippen LogP) is 5.30. The number of rotatable bonds is 5. The van der Waals surface area contributed by atoms with Crippen LogP contribution in [0.4, 0.5) is 11.4 Å². The fourth-order valence-electron chi connectivity index (χ4n) is 2.88. The van der Waals surface area contributed by atoms with Crippen molar-refractivity contribution in [3.05, 3.63) is 65.8 Å². The molecule has 0 saturated carbocycles. The van der Waals surface area contributed by atoms with E-state index in [0.717, 1.165) is 37.8 Å². The van der Waals surface area contributed by atoms with Crippen molar-refractivity contribution in [2.24, 2.45) is 0 Å². The Morgan fingerprint density at radius 3 is 2.71 bits per heavy atom. The molecule has 0 aliphatic rings. The number of benzene rings is 1. The summed E-state index contributed by atoms with van der Waals surface area (Å²) >= 11 is 3.00. The lowest BCUT2D eigenvalue weighted by Crippen LogP contribution is -2.12. The number of carbonyl (C=O) groups is 1. The second-order valence-corrected chi connectivity index (χ2v) is 8.32. The maximum Gasteiger partial charge on any atom is 0.267 e. The minimum atomic E-state index is -0.213. The van der Waals surface area contributed by atoms with Crippen LogP contribution >= 0.6 is 23.1 Å². The highest BCUT2D eigenvalue weighted by Gasteiger charge is 2.19. The molecule has 4 aromatic rings. The van der Waals surface area contributed by atoms with Crippen molar-refractivity contribution in [1.82, 2.24) is 9.97 Å². The molecule has 4 rings (SSSR count). The lowest BCUT2D eigenvalue weighted by molar-refractivity contribution is 0.103. The monoisotopic (exact) mass is 406 g/mol. The van der Waals surface area contributed by atoms with E-state index in [1.54, 1.807) is 24.2 Å². The first kappa shape index (κ1) is 18.5. The maximum atomic E-state index is 12.9. The Kier molecular flexibility index (Phi) is 5.27. The van der Waals surface area contributed by atoms with E-state index < -0.39 is 0 Å². The Morgan fingerprint density at radius 1 is 1.14 bits per heavy atom. The first-order valence-electron chi connectivity index (χ1n) is 8.80. The van der Waals surface area contributed by atoms with Crippen molar-refractivity contribution in [3.63, 3.8) is 0 Å². The lowest BCUT2D eigenvalue weighted by Gasteiger charge is -2.09. The third kappa shape index (κ3) is 3.58. The molecular weight excluding hydrogens is 388 g/mol. The zero-order valence-electron chi connectivity index (χ0n) is 15.2. The van der Waals surface area contributed by atoms with E-state index in [4.69, 9.17) is 10.7 Å². The van der Waals surface area contributed by atoms with Crippen LogP contribution in [0.2, 0.25) is 0 Å². The van der Waals surface area contributed by atoms with Gasteiger partial charge in [0.2, 0.25) is 0 Å². The summed E-state index contributed by atoms with van der Waals surface area (Å²) in [6, 6.07) is 15.4. The highest BCUT2D eigenvalue weighted by Crippen LogP contribution is 2.35. The molecule has 0 aliphatic heterocycles. The molecular formula is C21H18N4OS2. The van der Waals surface area contributed by atoms with E-state index in [9.17, 15) is 4.79 Å². The van der Waals surface area contributed by atoms with E-state index in [2.05, 4.69) is 17.2 Å². The number of anilines is 2. The summed E-state index contributed by atoms with van der Waals surface area (Å²) < 4.78 is 0. The number of nitrogens with two attached hydrogens (primary N) is 1. The topological polar surface area (TPSA) is 80.9 Å². The van der Waals surface area contributed by atoms with Crippen LogP contribution in [0.15, 0.2) is 65.8 Å². The Hall–Kier alpha value is -2.90. The Labute approximate surface area is 171 Å². The number of nitrogen functional groups attached to an aromatic ring is 1. The molecule has 3 N–H and O–H groups in total. The second-order valence-electron chi connectivity index (χ2n) is 6.01. The van der Waals surface area contributed by atoms with Gasteiger partial charge in [-0.15, -0.1) is 23.1 Å². The van der Waals surface area contributed by atoms with E-state index in [0.29, 0.717) is 10.6 Å². The average Bonchev–Trinajstić information content (AvgIpc) is 3.06. The van der Waals surface area contributed by atoms with Crippen molar-refractivity contribution < 1.29 is 4.79 Å². The highest BCUT2D eigenvalue weighted by atomic mass is 32.2. The summed E-state index contributed by atoms with van der Waals surface area (Å²) in [5.41, 5.74) is 9.33. The van der Waals surface area contributed by atoms with Crippen molar-refractivity contribution in [3.8, 4) is 11.3 Å². The summed E-state index contributed by atoms with van der Waals surface area (Å²) in [4.78, 5) is 23.9. The van der Waals surface area contributed by atoms with Crippen LogP contribution in [0, 0.1) is 0 Å². The van der Waals surface area contributed by atoms with Gasteiger partial charge in [0.05, 0.1) is 17.1 Å². The van der Waals surface area contributed by atoms with E-state index in [1.807, 2.05) is 48.5 Å². The van der Waals surface area contributed by atoms with Gasteiger partial charge in [0.1, 0.15) is 9.71 Å².